The fraction of sp³-hybridized carbons (Fsp3) is 0.500. The number of aliphatic hydroxyl groups excluding tert-OH is 1. The van der Waals surface area contributed by atoms with Crippen LogP contribution < -0.4 is 4.72 Å². The van der Waals surface area contributed by atoms with Crippen molar-refractivity contribution < 1.29 is 22.7 Å². The first-order valence-electron chi connectivity index (χ1n) is 5.94. The minimum Gasteiger partial charge on any atom is -0.392 e. The number of sulfonamides is 1. The van der Waals surface area contributed by atoms with Gasteiger partial charge < -0.3 is 9.84 Å². The highest BCUT2D eigenvalue weighted by Crippen LogP contribution is 2.20. The standard InChI is InChI=1S/C12H16FNO4S/c1-8-4-11(5-9(6-15)12(8)13)19(16,17)14-10-2-3-18-7-10/h4-5,10,14-15H,2-3,6-7H2,1H3. The number of benzene rings is 1. The van der Waals surface area contributed by atoms with Crippen LogP contribution in [0, 0.1) is 12.7 Å². The molecule has 1 saturated heterocycles. The van der Waals surface area contributed by atoms with E-state index in [1.54, 1.807) is 0 Å². The van der Waals surface area contributed by atoms with Crippen LogP contribution in [-0.2, 0) is 21.4 Å². The Morgan fingerprint density at radius 1 is 1.53 bits per heavy atom. The lowest BCUT2D eigenvalue weighted by Crippen LogP contribution is -2.35. The second kappa shape index (κ2) is 5.54. The van der Waals surface area contributed by atoms with Gasteiger partial charge in [-0.3, -0.25) is 0 Å². The monoisotopic (exact) mass is 289 g/mol. The maximum Gasteiger partial charge on any atom is 0.240 e. The molecule has 1 aliphatic heterocycles. The number of aryl methyl sites for hydroxylation is 1. The van der Waals surface area contributed by atoms with E-state index in [4.69, 9.17) is 9.84 Å². The van der Waals surface area contributed by atoms with E-state index in [-0.39, 0.29) is 22.1 Å². The van der Waals surface area contributed by atoms with Crippen LogP contribution in [0.3, 0.4) is 0 Å². The van der Waals surface area contributed by atoms with Crippen LogP contribution in [-0.4, -0.2) is 32.8 Å². The Labute approximate surface area is 111 Å². The summed E-state index contributed by atoms with van der Waals surface area (Å²) in [4.78, 5) is -0.0395. The maximum absolute atomic E-state index is 13.6. The van der Waals surface area contributed by atoms with E-state index in [0.29, 0.717) is 19.6 Å². The molecule has 7 heteroatoms. The highest BCUT2D eigenvalue weighted by Gasteiger charge is 2.24. The molecule has 0 aliphatic carbocycles. The second-order valence-corrected chi connectivity index (χ2v) is 6.27. The van der Waals surface area contributed by atoms with Crippen LogP contribution in [0.2, 0.25) is 0 Å². The van der Waals surface area contributed by atoms with Crippen molar-refractivity contribution in [3.63, 3.8) is 0 Å². The molecule has 0 bridgehead atoms. The van der Waals surface area contributed by atoms with Gasteiger partial charge in [0.15, 0.2) is 0 Å². The molecule has 1 fully saturated rings. The van der Waals surface area contributed by atoms with Crippen LogP contribution in [0.4, 0.5) is 4.39 Å². The minimum absolute atomic E-state index is 0.0250. The molecule has 5 nitrogen and oxygen atoms in total. The number of rotatable bonds is 4. The first-order chi connectivity index (χ1) is 8.94. The topological polar surface area (TPSA) is 75.6 Å². The van der Waals surface area contributed by atoms with Gasteiger partial charge in [-0.05, 0) is 31.0 Å². The molecule has 0 amide bonds. The lowest BCUT2D eigenvalue weighted by atomic mass is 10.1. The summed E-state index contributed by atoms with van der Waals surface area (Å²) < 4.78 is 45.5. The summed E-state index contributed by atoms with van der Waals surface area (Å²) in [5.41, 5.74) is 0.164. The van der Waals surface area contributed by atoms with E-state index >= 15 is 0 Å². The van der Waals surface area contributed by atoms with E-state index in [2.05, 4.69) is 4.72 Å². The summed E-state index contributed by atoms with van der Waals surface area (Å²) in [5.74, 6) is -0.578. The Morgan fingerprint density at radius 3 is 2.84 bits per heavy atom. The van der Waals surface area contributed by atoms with Gasteiger partial charge in [0.2, 0.25) is 10.0 Å². The molecule has 19 heavy (non-hydrogen) atoms. The summed E-state index contributed by atoms with van der Waals surface area (Å²) in [5, 5.41) is 9.04. The summed E-state index contributed by atoms with van der Waals surface area (Å²) >= 11 is 0. The van der Waals surface area contributed by atoms with E-state index in [1.807, 2.05) is 0 Å². The van der Waals surface area contributed by atoms with E-state index < -0.39 is 22.4 Å². The molecular formula is C12H16FNO4S. The zero-order valence-electron chi connectivity index (χ0n) is 10.5. The van der Waals surface area contributed by atoms with Crippen LogP contribution in [0.1, 0.15) is 17.5 Å². The average Bonchev–Trinajstić information content (AvgIpc) is 2.84. The molecule has 0 radical (unpaired) electrons. The summed E-state index contributed by atoms with van der Waals surface area (Å²) in [6, 6.07) is 2.15. The smallest absolute Gasteiger partial charge is 0.240 e. The van der Waals surface area contributed by atoms with E-state index in [0.717, 1.165) is 6.07 Å². The highest BCUT2D eigenvalue weighted by atomic mass is 32.2. The first-order valence-corrected chi connectivity index (χ1v) is 7.42. The van der Waals surface area contributed by atoms with Crippen molar-refractivity contribution >= 4 is 10.0 Å². The molecule has 1 atom stereocenters. The van der Waals surface area contributed by atoms with Gasteiger partial charge in [-0.25, -0.2) is 17.5 Å². The van der Waals surface area contributed by atoms with E-state index in [1.165, 1.54) is 13.0 Å². The Bertz CT molecular complexity index is 567. The van der Waals surface area contributed by atoms with Crippen molar-refractivity contribution in [2.24, 2.45) is 0 Å². The Kier molecular flexibility index (Phi) is 4.19. The van der Waals surface area contributed by atoms with Crippen molar-refractivity contribution in [2.45, 2.75) is 30.9 Å². The Balaban J connectivity index is 2.31. The van der Waals surface area contributed by atoms with Crippen molar-refractivity contribution in [2.75, 3.05) is 13.2 Å². The van der Waals surface area contributed by atoms with Gasteiger partial charge in [0, 0.05) is 18.2 Å². The average molecular weight is 289 g/mol. The molecule has 1 unspecified atom stereocenters. The van der Waals surface area contributed by atoms with Gasteiger partial charge in [0.05, 0.1) is 18.1 Å². The summed E-state index contributed by atoms with van der Waals surface area (Å²) in [6.45, 7) is 1.79. The highest BCUT2D eigenvalue weighted by molar-refractivity contribution is 7.89. The van der Waals surface area contributed by atoms with Crippen molar-refractivity contribution in [3.05, 3.63) is 29.1 Å². The fourth-order valence-electron chi connectivity index (χ4n) is 1.99. The molecule has 0 spiro atoms. The molecule has 0 saturated carbocycles. The number of aliphatic hydroxyl groups is 1. The van der Waals surface area contributed by atoms with Crippen LogP contribution in [0.5, 0.6) is 0 Å². The maximum atomic E-state index is 13.6. The van der Waals surface area contributed by atoms with Crippen molar-refractivity contribution in [3.8, 4) is 0 Å². The van der Waals surface area contributed by atoms with Gasteiger partial charge in [0.25, 0.3) is 0 Å². The largest absolute Gasteiger partial charge is 0.392 e. The lowest BCUT2D eigenvalue weighted by molar-refractivity contribution is 0.192. The van der Waals surface area contributed by atoms with Gasteiger partial charge in [-0.15, -0.1) is 0 Å². The minimum atomic E-state index is -3.72. The normalized spacial score (nSPS) is 19.8. The number of ether oxygens (including phenoxy) is 1. The summed E-state index contributed by atoms with van der Waals surface area (Å²) in [7, 11) is -3.72. The van der Waals surface area contributed by atoms with Crippen LogP contribution in [0.25, 0.3) is 0 Å². The number of nitrogens with one attached hydrogen (secondary N) is 1. The van der Waals surface area contributed by atoms with Crippen LogP contribution in [0.15, 0.2) is 17.0 Å². The molecule has 1 aliphatic rings. The molecule has 1 heterocycles. The van der Waals surface area contributed by atoms with Gasteiger partial charge in [-0.1, -0.05) is 0 Å². The number of hydrogen-bond acceptors (Lipinski definition) is 4. The molecule has 0 aromatic heterocycles. The fourth-order valence-corrected chi connectivity index (χ4v) is 3.38. The third kappa shape index (κ3) is 3.11. The summed E-state index contributed by atoms with van der Waals surface area (Å²) in [6.07, 6.45) is 0.617. The number of hydrogen-bond donors (Lipinski definition) is 2. The lowest BCUT2D eigenvalue weighted by Gasteiger charge is -2.13. The zero-order valence-corrected chi connectivity index (χ0v) is 11.3. The molecule has 1 aromatic carbocycles. The second-order valence-electron chi connectivity index (χ2n) is 4.55. The molecule has 106 valence electrons. The quantitative estimate of drug-likeness (QED) is 0.855. The SMILES string of the molecule is Cc1cc(S(=O)(=O)NC2CCOC2)cc(CO)c1F. The van der Waals surface area contributed by atoms with Crippen molar-refractivity contribution in [1.29, 1.82) is 0 Å². The third-order valence-electron chi connectivity index (χ3n) is 3.04. The number of halogens is 1. The van der Waals surface area contributed by atoms with Gasteiger partial charge in [0.1, 0.15) is 5.82 Å². The zero-order chi connectivity index (χ0) is 14.0. The predicted octanol–water partition coefficient (Wildman–Crippen LogP) is 0.694. The third-order valence-corrected chi connectivity index (χ3v) is 4.54. The van der Waals surface area contributed by atoms with Gasteiger partial charge >= 0.3 is 0 Å². The van der Waals surface area contributed by atoms with E-state index in [9.17, 15) is 12.8 Å². The predicted molar refractivity (Wildman–Crippen MR) is 66.6 cm³/mol. The first kappa shape index (κ1) is 14.4. The molecule has 2 N–H and O–H groups in total. The van der Waals surface area contributed by atoms with Crippen molar-refractivity contribution in [1.82, 2.24) is 4.72 Å². The molecule has 1 aromatic rings. The van der Waals surface area contributed by atoms with Gasteiger partial charge in [-0.2, -0.15) is 0 Å². The molecular weight excluding hydrogens is 273 g/mol. The van der Waals surface area contributed by atoms with Crippen LogP contribution >= 0.6 is 0 Å². The Morgan fingerprint density at radius 2 is 2.26 bits per heavy atom. The molecule has 2 rings (SSSR count). The Hall–Kier alpha value is -1.02.